The number of nitrogens with two attached hydrogens (primary N) is 1. The molecule has 9 nitrogen and oxygen atoms in total. The van der Waals surface area contributed by atoms with Gasteiger partial charge in [-0.15, -0.1) is 0 Å². The Bertz CT molecular complexity index is 1670. The molecular formula is C31H31AsN4O5. The van der Waals surface area contributed by atoms with Crippen molar-refractivity contribution in [2.24, 2.45) is 11.7 Å². The van der Waals surface area contributed by atoms with Crippen LogP contribution in [0, 0.1) is 5.92 Å². The molecule has 1 aliphatic carbocycles. The van der Waals surface area contributed by atoms with Crippen LogP contribution in [-0.2, 0) is 4.74 Å². The van der Waals surface area contributed by atoms with E-state index >= 15 is 0 Å². The molecule has 2 N–H and O–H groups in total. The van der Waals surface area contributed by atoms with E-state index in [0.717, 1.165) is 49.1 Å². The summed E-state index contributed by atoms with van der Waals surface area (Å²) in [6.07, 6.45) is 2.15. The predicted octanol–water partition coefficient (Wildman–Crippen LogP) is 4.32. The van der Waals surface area contributed by atoms with Gasteiger partial charge in [0.25, 0.3) is 0 Å². The molecule has 2 atom stereocenters. The molecule has 1 saturated carbocycles. The van der Waals surface area contributed by atoms with Gasteiger partial charge in [0.2, 0.25) is 0 Å². The van der Waals surface area contributed by atoms with Crippen molar-refractivity contribution >= 4 is 48.7 Å². The minimum absolute atomic E-state index is 0.301. The fourth-order valence-electron chi connectivity index (χ4n) is 5.35. The first kappa shape index (κ1) is 27.1. The molecule has 0 radical (unpaired) electrons. The molecule has 2 amide bonds. The first-order chi connectivity index (χ1) is 19.9. The van der Waals surface area contributed by atoms with E-state index in [4.69, 9.17) is 19.9 Å². The van der Waals surface area contributed by atoms with Crippen LogP contribution in [0.3, 0.4) is 0 Å². The molecule has 41 heavy (non-hydrogen) atoms. The summed E-state index contributed by atoms with van der Waals surface area (Å²) in [4.78, 5) is 25.9. The molecule has 0 spiro atoms. The van der Waals surface area contributed by atoms with Gasteiger partial charge in [-0.3, -0.25) is 4.90 Å². The second-order valence-electron chi connectivity index (χ2n) is 10.4. The van der Waals surface area contributed by atoms with Gasteiger partial charge in [-0.2, -0.15) is 0 Å². The zero-order valence-electron chi connectivity index (χ0n) is 23.1. The van der Waals surface area contributed by atoms with Crippen LogP contribution in [0.25, 0.3) is 33.2 Å². The van der Waals surface area contributed by atoms with Gasteiger partial charge in [-0.1, -0.05) is 0 Å². The van der Waals surface area contributed by atoms with Crippen LogP contribution in [0.15, 0.2) is 54.6 Å². The first-order valence-corrected chi connectivity index (χ1v) is 15.8. The molecule has 2 unspecified atom stereocenters. The van der Waals surface area contributed by atoms with Crippen LogP contribution in [0.2, 0.25) is 4.71 Å². The number of methoxy groups -OCH3 is 2. The number of fused-ring (bicyclic) bond motifs is 1. The van der Waals surface area contributed by atoms with Gasteiger partial charge in [0.15, 0.2) is 0 Å². The van der Waals surface area contributed by atoms with Gasteiger partial charge in [0.1, 0.15) is 6.61 Å². The van der Waals surface area contributed by atoms with Crippen molar-refractivity contribution in [1.29, 1.82) is 0 Å². The standard InChI is InChI=1S/C31H31AsN4O5/c1-17(18-4-5-18)32-28-23-9-6-20(15-25(23)34-35-29(28)30(33)37)24-14-19(7-11-26(24)39-2)22-10-8-21(16-27(22)40-3)36-12-13-41-31(36)38/h6-11,14-18,32H,4-5,12-13H2,1-3H3,(H2,33,37). The number of aromatic nitrogens is 2. The molecule has 1 aromatic heterocycles. The van der Waals surface area contributed by atoms with Crippen LogP contribution in [0.5, 0.6) is 11.5 Å². The van der Waals surface area contributed by atoms with Crippen molar-refractivity contribution in [3.05, 3.63) is 60.3 Å². The van der Waals surface area contributed by atoms with Crippen molar-refractivity contribution in [3.63, 3.8) is 0 Å². The number of amides is 2. The molecule has 3 aromatic carbocycles. The summed E-state index contributed by atoms with van der Waals surface area (Å²) in [6.45, 7) is 3.15. The summed E-state index contributed by atoms with van der Waals surface area (Å²) in [5.74, 6) is 1.56. The molecule has 6 rings (SSSR count). The third-order valence-corrected chi connectivity index (χ3v) is 11.4. The van der Waals surface area contributed by atoms with Gasteiger partial charge < -0.3 is 4.74 Å². The topological polar surface area (TPSA) is 117 Å². The Balaban J connectivity index is 1.41. The summed E-state index contributed by atoms with van der Waals surface area (Å²) in [7, 11) is 3.26. The van der Waals surface area contributed by atoms with Crippen molar-refractivity contribution in [3.8, 4) is 33.8 Å². The number of hydrogen-bond acceptors (Lipinski definition) is 7. The monoisotopic (exact) mass is 614 g/mol. The third kappa shape index (κ3) is 5.22. The Morgan fingerprint density at radius 1 is 1.00 bits per heavy atom. The fourth-order valence-corrected chi connectivity index (χ4v) is 8.92. The molecule has 2 aliphatic rings. The number of hydrogen-bond donors (Lipinski definition) is 1. The van der Waals surface area contributed by atoms with E-state index in [1.54, 1.807) is 19.1 Å². The maximum atomic E-state index is 12.2. The summed E-state index contributed by atoms with van der Waals surface area (Å²) >= 11 is -0.636. The van der Waals surface area contributed by atoms with Crippen molar-refractivity contribution in [2.75, 3.05) is 32.3 Å². The number of carbonyl (C=O) groups is 2. The van der Waals surface area contributed by atoms with E-state index in [1.165, 1.54) is 12.8 Å². The molecule has 1 aliphatic heterocycles. The Morgan fingerprint density at radius 2 is 1.76 bits per heavy atom. The van der Waals surface area contributed by atoms with Crippen molar-refractivity contribution < 1.29 is 23.8 Å². The summed E-state index contributed by atoms with van der Waals surface area (Å²) in [6, 6.07) is 17.7. The van der Waals surface area contributed by atoms with E-state index in [9.17, 15) is 9.59 Å². The SMILES string of the molecule is COc1cc(N2CCOC2=O)ccc1-c1ccc(OC)c(-c2ccc3c([AsH]C(C)C4CC4)c(C(N)=O)nnc3c2)c1. The summed E-state index contributed by atoms with van der Waals surface area (Å²) in [5.41, 5.74) is 11.0. The minimum atomic E-state index is -0.636. The number of nitrogens with zero attached hydrogens (tertiary/aromatic N) is 3. The zero-order valence-corrected chi connectivity index (χ0v) is 25.2. The molecule has 10 heteroatoms. The quantitative estimate of drug-likeness (QED) is 0.279. The predicted molar refractivity (Wildman–Crippen MR) is 160 cm³/mol. The Kier molecular flexibility index (Phi) is 7.30. The van der Waals surface area contributed by atoms with Crippen LogP contribution in [-0.4, -0.2) is 65.3 Å². The Labute approximate surface area is 244 Å². The van der Waals surface area contributed by atoms with Gasteiger partial charge >= 0.3 is 218 Å². The van der Waals surface area contributed by atoms with Crippen molar-refractivity contribution in [1.82, 2.24) is 10.2 Å². The Hall–Kier alpha value is -4.10. The average molecular weight is 615 g/mol. The van der Waals surface area contributed by atoms with E-state index < -0.39 is 21.7 Å². The number of ether oxygens (including phenoxy) is 3. The number of cyclic esters (lactones) is 1. The molecule has 2 fully saturated rings. The van der Waals surface area contributed by atoms with Gasteiger partial charge in [-0.05, 0) is 0 Å². The Morgan fingerprint density at radius 3 is 2.44 bits per heavy atom. The molecule has 4 aromatic rings. The molecule has 0 bridgehead atoms. The number of carbonyl (C=O) groups excluding carboxylic acids is 2. The van der Waals surface area contributed by atoms with E-state index in [-0.39, 0.29) is 6.09 Å². The van der Waals surface area contributed by atoms with Crippen LogP contribution >= 0.6 is 0 Å². The number of anilines is 1. The van der Waals surface area contributed by atoms with Crippen LogP contribution in [0.1, 0.15) is 30.3 Å². The molecule has 2 heterocycles. The van der Waals surface area contributed by atoms with Gasteiger partial charge in [0.05, 0.1) is 6.54 Å². The summed E-state index contributed by atoms with van der Waals surface area (Å²) < 4.78 is 18.1. The second-order valence-corrected chi connectivity index (χ2v) is 13.9. The summed E-state index contributed by atoms with van der Waals surface area (Å²) in [5, 5.41) is 9.62. The van der Waals surface area contributed by atoms with Crippen LogP contribution < -0.4 is 24.5 Å². The number of rotatable bonds is 9. The van der Waals surface area contributed by atoms with Crippen LogP contribution in [0.4, 0.5) is 10.5 Å². The second kappa shape index (κ2) is 11.1. The number of primary amides is 1. The third-order valence-electron chi connectivity index (χ3n) is 7.78. The fraction of sp³-hybridized carbons (Fsp3) is 0.290. The van der Waals surface area contributed by atoms with E-state index in [0.29, 0.717) is 35.1 Å². The van der Waals surface area contributed by atoms with Gasteiger partial charge in [-0.25, -0.2) is 4.79 Å². The van der Waals surface area contributed by atoms with E-state index in [1.807, 2.05) is 48.5 Å². The average Bonchev–Trinajstić information content (AvgIpc) is 3.76. The first-order valence-electron chi connectivity index (χ1n) is 13.6. The number of benzene rings is 3. The van der Waals surface area contributed by atoms with Crippen molar-refractivity contribution in [2.45, 2.75) is 24.5 Å². The zero-order chi connectivity index (χ0) is 28.7. The maximum absolute atomic E-state index is 12.2. The molecule has 210 valence electrons. The van der Waals surface area contributed by atoms with E-state index in [2.05, 4.69) is 23.2 Å². The molecule has 1 saturated heterocycles. The normalized spacial score (nSPS) is 15.9. The molecular weight excluding hydrogens is 583 g/mol. The van der Waals surface area contributed by atoms with Gasteiger partial charge in [0, 0.05) is 0 Å².